The first kappa shape index (κ1) is 36.0. The molecular weight excluding hydrogens is 725 g/mol. The van der Waals surface area contributed by atoms with Crippen LogP contribution in [0.25, 0.3) is 71.6 Å². The maximum Gasteiger partial charge on any atom is 0.0618 e. The van der Waals surface area contributed by atoms with Crippen molar-refractivity contribution < 1.29 is 0 Å². The minimum Gasteiger partial charge on any atom is -0.309 e. The van der Waals surface area contributed by atoms with Crippen LogP contribution in [0.1, 0.15) is 43.6 Å². The number of rotatable bonds is 8. The predicted octanol–water partition coefficient (Wildman–Crippen LogP) is 16.5. The highest BCUT2D eigenvalue weighted by Gasteiger charge is 2.26. The van der Waals surface area contributed by atoms with Crippen molar-refractivity contribution in [1.29, 1.82) is 0 Å². The van der Waals surface area contributed by atoms with E-state index in [0.717, 1.165) is 17.1 Å². The van der Waals surface area contributed by atoms with E-state index in [1.165, 1.54) is 109 Å². The molecule has 1 aliphatic carbocycles. The van der Waals surface area contributed by atoms with Gasteiger partial charge in [0, 0.05) is 38.8 Å². The minimum atomic E-state index is 0.662. The third kappa shape index (κ3) is 6.37. The molecule has 0 bridgehead atoms. The van der Waals surface area contributed by atoms with Crippen molar-refractivity contribution in [2.75, 3.05) is 4.90 Å². The van der Waals surface area contributed by atoms with E-state index in [1.807, 2.05) is 0 Å². The molecule has 0 N–H and O–H groups in total. The topological polar surface area (TPSA) is 8.17 Å². The Morgan fingerprint density at radius 1 is 0.417 bits per heavy atom. The number of para-hydroxylation sites is 2. The number of nitrogens with zero attached hydrogens (tertiary/aromatic N) is 2. The predicted molar refractivity (Wildman–Crippen MR) is 255 cm³/mol. The summed E-state index contributed by atoms with van der Waals surface area (Å²) >= 11 is 0. The molecule has 0 spiro atoms. The lowest BCUT2D eigenvalue weighted by Crippen LogP contribution is -2.14. The highest BCUT2D eigenvalue weighted by Crippen LogP contribution is 2.51. The molecule has 0 atom stereocenters. The average molecular weight is 771 g/mol. The van der Waals surface area contributed by atoms with Gasteiger partial charge in [-0.1, -0.05) is 195 Å². The van der Waals surface area contributed by atoms with Crippen molar-refractivity contribution >= 4 is 49.6 Å². The Bertz CT molecular complexity index is 3040. The summed E-state index contributed by atoms with van der Waals surface area (Å²) in [7, 11) is 0. The van der Waals surface area contributed by atoms with Crippen molar-refractivity contribution in [3.63, 3.8) is 0 Å². The number of fused-ring (bicyclic) bond motifs is 4. The van der Waals surface area contributed by atoms with Gasteiger partial charge in [0.2, 0.25) is 0 Å². The van der Waals surface area contributed by atoms with Crippen molar-refractivity contribution in [1.82, 2.24) is 4.57 Å². The molecular formula is C58H46N2. The average Bonchev–Trinajstić information content (AvgIpc) is 3.66. The van der Waals surface area contributed by atoms with Crippen LogP contribution in [0, 0.1) is 0 Å². The zero-order chi connectivity index (χ0) is 39.8. The van der Waals surface area contributed by atoms with Gasteiger partial charge in [-0.25, -0.2) is 0 Å². The maximum absolute atomic E-state index is 2.55. The Hall–Kier alpha value is -7.16. The summed E-state index contributed by atoms with van der Waals surface area (Å²) in [6, 6.07) is 78.4. The van der Waals surface area contributed by atoms with Gasteiger partial charge in [0.05, 0.1) is 22.4 Å². The molecule has 0 saturated heterocycles. The molecule has 0 unspecified atom stereocenters. The van der Waals surface area contributed by atoms with Gasteiger partial charge in [0.25, 0.3) is 0 Å². The molecule has 1 aromatic heterocycles. The van der Waals surface area contributed by atoms with Crippen LogP contribution in [0.5, 0.6) is 0 Å². The van der Waals surface area contributed by atoms with E-state index >= 15 is 0 Å². The van der Waals surface area contributed by atoms with Crippen LogP contribution in [0.2, 0.25) is 0 Å². The van der Waals surface area contributed by atoms with Crippen molar-refractivity contribution in [3.8, 4) is 39.1 Å². The number of hydrogen-bond acceptors (Lipinski definition) is 1. The third-order valence-corrected chi connectivity index (χ3v) is 12.8. The molecule has 1 saturated carbocycles. The molecule has 0 radical (unpaired) electrons. The monoisotopic (exact) mass is 770 g/mol. The summed E-state index contributed by atoms with van der Waals surface area (Å²) < 4.78 is 2.48. The van der Waals surface area contributed by atoms with E-state index in [1.54, 1.807) is 0 Å². The third-order valence-electron chi connectivity index (χ3n) is 12.8. The van der Waals surface area contributed by atoms with Gasteiger partial charge < -0.3 is 9.47 Å². The standard InChI is InChI=1S/C58H46N2/c1-5-18-41(19-6-1)42-32-35-47(36-33-42)59-54-31-16-15-28-52(54)53-38-37-48(40-56(53)59)60(55-39-34-45-24-13-14-27-49(45)57(55)46-25-11-4-12-26-46)58-50(43-20-7-2-8-21-43)29-17-30-51(58)44-22-9-3-10-23-44/h2-4,7-17,20-41H,1,5-6,18-19H2. The molecule has 10 aromatic rings. The van der Waals surface area contributed by atoms with Gasteiger partial charge in [-0.05, 0) is 88.2 Å². The summed E-state index contributed by atoms with van der Waals surface area (Å²) in [6.45, 7) is 0. The van der Waals surface area contributed by atoms with E-state index < -0.39 is 0 Å². The van der Waals surface area contributed by atoms with Crippen LogP contribution in [0.15, 0.2) is 212 Å². The second-order valence-electron chi connectivity index (χ2n) is 16.3. The van der Waals surface area contributed by atoms with E-state index in [0.29, 0.717) is 5.92 Å². The summed E-state index contributed by atoms with van der Waals surface area (Å²) in [5.41, 5.74) is 15.5. The van der Waals surface area contributed by atoms with Crippen LogP contribution < -0.4 is 4.90 Å². The lowest BCUT2D eigenvalue weighted by Gasteiger charge is -2.32. The van der Waals surface area contributed by atoms with Crippen molar-refractivity contribution in [2.45, 2.75) is 38.0 Å². The largest absolute Gasteiger partial charge is 0.309 e. The SMILES string of the molecule is c1ccc(-c2cccc(-c3ccccc3)c2N(c2ccc3c4ccccc4n(-c4ccc(C5CCCCC5)cc4)c3c2)c2ccc3ccccc3c2-c2ccccc2)cc1. The van der Waals surface area contributed by atoms with Gasteiger partial charge in [0.15, 0.2) is 0 Å². The summed E-state index contributed by atoms with van der Waals surface area (Å²) in [5.74, 6) is 0.662. The second kappa shape index (κ2) is 15.5. The maximum atomic E-state index is 2.55. The highest BCUT2D eigenvalue weighted by molar-refractivity contribution is 6.12. The Kier molecular flexibility index (Phi) is 9.32. The molecule has 2 nitrogen and oxygen atoms in total. The summed E-state index contributed by atoms with van der Waals surface area (Å²) in [4.78, 5) is 2.55. The first-order valence-corrected chi connectivity index (χ1v) is 21.5. The van der Waals surface area contributed by atoms with Gasteiger partial charge in [-0.2, -0.15) is 0 Å². The fourth-order valence-electron chi connectivity index (χ4n) is 9.94. The molecule has 11 rings (SSSR count). The van der Waals surface area contributed by atoms with Crippen LogP contribution in [-0.2, 0) is 0 Å². The first-order chi connectivity index (χ1) is 29.8. The van der Waals surface area contributed by atoms with Crippen molar-refractivity contribution in [2.24, 2.45) is 0 Å². The fourth-order valence-corrected chi connectivity index (χ4v) is 9.94. The first-order valence-electron chi connectivity index (χ1n) is 21.5. The highest BCUT2D eigenvalue weighted by atomic mass is 15.2. The van der Waals surface area contributed by atoms with Crippen LogP contribution in [0.3, 0.4) is 0 Å². The molecule has 9 aromatic carbocycles. The number of hydrogen-bond donors (Lipinski definition) is 0. The summed E-state index contributed by atoms with van der Waals surface area (Å²) in [5, 5.41) is 4.93. The zero-order valence-corrected chi connectivity index (χ0v) is 33.7. The fraction of sp³-hybridized carbons (Fsp3) is 0.103. The molecule has 288 valence electrons. The molecule has 60 heavy (non-hydrogen) atoms. The minimum absolute atomic E-state index is 0.662. The van der Waals surface area contributed by atoms with E-state index in [2.05, 4.69) is 222 Å². The van der Waals surface area contributed by atoms with Crippen LogP contribution in [-0.4, -0.2) is 4.57 Å². The number of aromatic nitrogens is 1. The molecule has 1 heterocycles. The molecule has 0 aliphatic heterocycles. The second-order valence-corrected chi connectivity index (χ2v) is 16.3. The van der Waals surface area contributed by atoms with Crippen molar-refractivity contribution in [3.05, 3.63) is 218 Å². The Balaban J connectivity index is 1.23. The van der Waals surface area contributed by atoms with E-state index in [-0.39, 0.29) is 0 Å². The normalized spacial score (nSPS) is 13.3. The number of anilines is 3. The lowest BCUT2D eigenvalue weighted by molar-refractivity contribution is 0.443. The Morgan fingerprint density at radius 2 is 1.00 bits per heavy atom. The van der Waals surface area contributed by atoms with E-state index in [9.17, 15) is 0 Å². The Morgan fingerprint density at radius 3 is 1.68 bits per heavy atom. The summed E-state index contributed by atoms with van der Waals surface area (Å²) in [6.07, 6.45) is 6.62. The zero-order valence-electron chi connectivity index (χ0n) is 33.7. The Labute approximate surface area is 352 Å². The van der Waals surface area contributed by atoms with Gasteiger partial charge >= 0.3 is 0 Å². The van der Waals surface area contributed by atoms with Crippen LogP contribution >= 0.6 is 0 Å². The molecule has 0 amide bonds. The quantitative estimate of drug-likeness (QED) is 0.149. The molecule has 1 aliphatic rings. The molecule has 2 heteroatoms. The van der Waals surface area contributed by atoms with E-state index in [4.69, 9.17) is 0 Å². The lowest BCUT2D eigenvalue weighted by atomic mass is 9.84. The molecule has 1 fully saturated rings. The van der Waals surface area contributed by atoms with Gasteiger partial charge in [-0.3, -0.25) is 0 Å². The smallest absolute Gasteiger partial charge is 0.0618 e. The number of benzene rings is 9. The van der Waals surface area contributed by atoms with Crippen LogP contribution in [0.4, 0.5) is 17.1 Å². The van der Waals surface area contributed by atoms with Gasteiger partial charge in [-0.15, -0.1) is 0 Å². The van der Waals surface area contributed by atoms with Gasteiger partial charge in [0.1, 0.15) is 0 Å².